The van der Waals surface area contributed by atoms with E-state index in [9.17, 15) is 9.18 Å². The van der Waals surface area contributed by atoms with Crippen molar-refractivity contribution in [3.63, 3.8) is 0 Å². The van der Waals surface area contributed by atoms with Crippen molar-refractivity contribution >= 4 is 17.7 Å². The maximum Gasteiger partial charge on any atom is 0.241 e. The van der Waals surface area contributed by atoms with E-state index in [2.05, 4.69) is 10.4 Å². The van der Waals surface area contributed by atoms with E-state index >= 15 is 0 Å². The minimum absolute atomic E-state index is 0.0281. The van der Waals surface area contributed by atoms with Crippen molar-refractivity contribution in [1.29, 1.82) is 0 Å². The normalized spacial score (nSPS) is 10.8. The fourth-order valence-corrected chi connectivity index (χ4v) is 3.28. The number of aromatic nitrogens is 2. The molecule has 2 rings (SSSR count). The monoisotopic (exact) mass is 349 g/mol. The summed E-state index contributed by atoms with van der Waals surface area (Å²) < 4.78 is 15.2. The lowest BCUT2D eigenvalue weighted by Crippen LogP contribution is -2.29. The summed E-state index contributed by atoms with van der Waals surface area (Å²) in [6.45, 7) is 6.81. The number of hydrogen-bond acceptors (Lipinski definition) is 3. The zero-order valence-corrected chi connectivity index (χ0v) is 15.3. The van der Waals surface area contributed by atoms with Crippen LogP contribution in [-0.2, 0) is 17.1 Å². The van der Waals surface area contributed by atoms with Crippen molar-refractivity contribution in [1.82, 2.24) is 15.1 Å². The number of nitrogens with zero attached hydrogens (tertiary/aromatic N) is 2. The number of hydrogen-bond donors (Lipinski definition) is 1. The molecule has 130 valence electrons. The van der Waals surface area contributed by atoms with Crippen LogP contribution in [0.2, 0.25) is 0 Å². The van der Waals surface area contributed by atoms with Crippen LogP contribution in [0.25, 0.3) is 0 Å². The van der Waals surface area contributed by atoms with Crippen LogP contribution in [0.15, 0.2) is 24.3 Å². The van der Waals surface area contributed by atoms with E-state index in [1.807, 2.05) is 26.8 Å². The number of carbonyl (C=O) groups is 1. The van der Waals surface area contributed by atoms with Crippen molar-refractivity contribution in [2.75, 3.05) is 12.3 Å². The Hall–Kier alpha value is -1.82. The van der Waals surface area contributed by atoms with Gasteiger partial charge in [0.05, 0.1) is 5.69 Å². The summed E-state index contributed by atoms with van der Waals surface area (Å²) in [4.78, 5) is 12.0. The van der Waals surface area contributed by atoms with E-state index in [1.54, 1.807) is 28.6 Å². The van der Waals surface area contributed by atoms with Crippen molar-refractivity contribution in [3.8, 4) is 0 Å². The highest BCUT2D eigenvalue weighted by Crippen LogP contribution is 2.15. The summed E-state index contributed by atoms with van der Waals surface area (Å²) in [6.07, 6.45) is 0.862. The zero-order valence-electron chi connectivity index (χ0n) is 14.4. The molecule has 0 saturated heterocycles. The molecule has 2 aromatic rings. The van der Waals surface area contributed by atoms with Gasteiger partial charge in [0.25, 0.3) is 0 Å². The van der Waals surface area contributed by atoms with Gasteiger partial charge in [0.15, 0.2) is 0 Å². The molecule has 4 nitrogen and oxygen atoms in total. The van der Waals surface area contributed by atoms with E-state index in [1.165, 1.54) is 6.07 Å². The Bertz CT molecular complexity index is 700. The van der Waals surface area contributed by atoms with Gasteiger partial charge in [-0.15, -0.1) is 0 Å². The van der Waals surface area contributed by atoms with E-state index < -0.39 is 0 Å². The molecule has 0 saturated carbocycles. The average Bonchev–Trinajstić information content (AvgIpc) is 2.79. The highest BCUT2D eigenvalue weighted by atomic mass is 32.2. The smallest absolute Gasteiger partial charge is 0.241 e. The molecule has 1 aromatic heterocycles. The Morgan fingerprint density at radius 2 is 2.04 bits per heavy atom. The first-order valence-electron chi connectivity index (χ1n) is 8.07. The standard InChI is InChI=1S/C18H24FN3OS/c1-13-14(2)21-22(15(13)3)11-18(23)20-9-6-10-24-12-16-7-4-5-8-17(16)19/h4-5,7-8H,6,9-12H2,1-3H3,(H,20,23). The molecule has 0 spiro atoms. The molecule has 0 radical (unpaired) electrons. The minimum atomic E-state index is -0.154. The molecular weight excluding hydrogens is 325 g/mol. The Morgan fingerprint density at radius 3 is 2.71 bits per heavy atom. The summed E-state index contributed by atoms with van der Waals surface area (Å²) in [5, 5.41) is 7.28. The molecule has 0 aliphatic rings. The predicted octanol–water partition coefficient (Wildman–Crippen LogP) is 3.39. The van der Waals surface area contributed by atoms with Crippen LogP contribution >= 0.6 is 11.8 Å². The Kier molecular flexibility index (Phi) is 6.85. The van der Waals surface area contributed by atoms with Gasteiger partial charge in [-0.1, -0.05) is 18.2 Å². The van der Waals surface area contributed by atoms with Gasteiger partial charge in [0, 0.05) is 18.0 Å². The Balaban J connectivity index is 1.63. The molecular formula is C18H24FN3OS. The third-order valence-electron chi connectivity index (χ3n) is 4.04. The second-order valence-corrected chi connectivity index (χ2v) is 6.91. The fraction of sp³-hybridized carbons (Fsp3) is 0.444. The molecule has 0 aliphatic heterocycles. The van der Waals surface area contributed by atoms with Crippen molar-refractivity contribution in [2.24, 2.45) is 0 Å². The van der Waals surface area contributed by atoms with Crippen LogP contribution in [0.4, 0.5) is 4.39 Å². The summed E-state index contributed by atoms with van der Waals surface area (Å²) in [7, 11) is 0. The quantitative estimate of drug-likeness (QED) is 0.743. The number of thioether (sulfide) groups is 1. The average molecular weight is 349 g/mol. The summed E-state index contributed by atoms with van der Waals surface area (Å²) >= 11 is 1.68. The van der Waals surface area contributed by atoms with Crippen LogP contribution in [0.3, 0.4) is 0 Å². The van der Waals surface area contributed by atoms with Gasteiger partial charge < -0.3 is 5.32 Å². The van der Waals surface area contributed by atoms with Crippen LogP contribution < -0.4 is 5.32 Å². The van der Waals surface area contributed by atoms with Gasteiger partial charge in [-0.2, -0.15) is 16.9 Å². The third kappa shape index (κ3) is 5.09. The molecule has 1 aromatic carbocycles. The SMILES string of the molecule is Cc1nn(CC(=O)NCCCSCc2ccccc2F)c(C)c1C. The molecule has 0 fully saturated rings. The van der Waals surface area contributed by atoms with Gasteiger partial charge in [-0.3, -0.25) is 9.48 Å². The number of aryl methyl sites for hydroxylation is 1. The molecule has 1 heterocycles. The van der Waals surface area contributed by atoms with Gasteiger partial charge >= 0.3 is 0 Å². The first kappa shape index (κ1) is 18.5. The van der Waals surface area contributed by atoms with E-state index in [4.69, 9.17) is 0 Å². The van der Waals surface area contributed by atoms with Crippen molar-refractivity contribution < 1.29 is 9.18 Å². The second kappa shape index (κ2) is 8.87. The number of amides is 1. The van der Waals surface area contributed by atoms with E-state index in [-0.39, 0.29) is 18.3 Å². The number of nitrogens with one attached hydrogen (secondary N) is 1. The molecule has 0 bridgehead atoms. The third-order valence-corrected chi connectivity index (χ3v) is 5.13. The number of rotatable bonds is 8. The summed E-state index contributed by atoms with van der Waals surface area (Å²) in [5.74, 6) is 1.36. The lowest BCUT2D eigenvalue weighted by Gasteiger charge is -2.07. The number of benzene rings is 1. The molecule has 24 heavy (non-hydrogen) atoms. The Morgan fingerprint density at radius 1 is 1.29 bits per heavy atom. The Labute approximate surface area is 146 Å². The van der Waals surface area contributed by atoms with Crippen molar-refractivity contribution in [3.05, 3.63) is 52.6 Å². The molecule has 0 aliphatic carbocycles. The molecule has 1 N–H and O–H groups in total. The number of carbonyl (C=O) groups excluding carboxylic acids is 1. The van der Waals surface area contributed by atoms with Gasteiger partial charge in [-0.05, 0) is 50.1 Å². The van der Waals surface area contributed by atoms with Gasteiger partial charge in [0.1, 0.15) is 12.4 Å². The maximum atomic E-state index is 13.5. The summed E-state index contributed by atoms with van der Waals surface area (Å²) in [5.41, 5.74) is 3.85. The van der Waals surface area contributed by atoms with E-state index in [0.29, 0.717) is 12.3 Å². The topological polar surface area (TPSA) is 46.9 Å². The largest absolute Gasteiger partial charge is 0.354 e. The van der Waals surface area contributed by atoms with Crippen LogP contribution in [-0.4, -0.2) is 28.0 Å². The maximum absolute atomic E-state index is 13.5. The van der Waals surface area contributed by atoms with Crippen molar-refractivity contribution in [2.45, 2.75) is 39.5 Å². The van der Waals surface area contributed by atoms with Crippen LogP contribution in [0.5, 0.6) is 0 Å². The van der Waals surface area contributed by atoms with E-state index in [0.717, 1.165) is 34.7 Å². The van der Waals surface area contributed by atoms with Crippen LogP contribution in [0, 0.1) is 26.6 Å². The lowest BCUT2D eigenvalue weighted by atomic mass is 10.2. The molecule has 6 heteroatoms. The lowest BCUT2D eigenvalue weighted by molar-refractivity contribution is -0.121. The predicted molar refractivity (Wildman–Crippen MR) is 96.6 cm³/mol. The van der Waals surface area contributed by atoms with Crippen LogP contribution in [0.1, 0.15) is 28.9 Å². The minimum Gasteiger partial charge on any atom is -0.354 e. The summed E-state index contributed by atoms with van der Waals surface area (Å²) in [6, 6.07) is 6.83. The highest BCUT2D eigenvalue weighted by Gasteiger charge is 2.10. The molecule has 1 amide bonds. The first-order valence-corrected chi connectivity index (χ1v) is 9.23. The van der Waals surface area contributed by atoms with Gasteiger partial charge in [0.2, 0.25) is 5.91 Å². The zero-order chi connectivity index (χ0) is 17.5. The fourth-order valence-electron chi connectivity index (χ4n) is 2.33. The number of halogens is 1. The second-order valence-electron chi connectivity index (χ2n) is 5.80. The van der Waals surface area contributed by atoms with Gasteiger partial charge in [-0.25, -0.2) is 4.39 Å². The molecule has 0 atom stereocenters. The first-order chi connectivity index (χ1) is 11.5. The highest BCUT2D eigenvalue weighted by molar-refractivity contribution is 7.98. The molecule has 0 unspecified atom stereocenters.